The maximum atomic E-state index is 15.8. The van der Waals surface area contributed by atoms with Crippen LogP contribution in [0.3, 0.4) is 0 Å². The minimum atomic E-state index is -5.10. The number of carbonyl (C=O) groups excluding carboxylic acids is 1. The van der Waals surface area contributed by atoms with Crippen LogP contribution in [0.5, 0.6) is 5.75 Å². The summed E-state index contributed by atoms with van der Waals surface area (Å²) < 4.78 is 46.1. The molecule has 1 aliphatic carbocycles. The first-order valence-electron chi connectivity index (χ1n) is 14.0. The number of piperazine rings is 1. The number of nitrogens with zero attached hydrogens (tertiary/aromatic N) is 3. The highest BCUT2D eigenvalue weighted by Gasteiger charge is 2.43. The molecule has 0 bridgehead atoms. The molecule has 2 fully saturated rings. The minimum Gasteiger partial charge on any atom is -0.477 e. The van der Waals surface area contributed by atoms with Crippen LogP contribution in [0.4, 0.5) is 14.9 Å². The molecule has 242 valence electrons. The Hall–Kier alpha value is -3.58. The molecule has 2 aliphatic rings. The van der Waals surface area contributed by atoms with E-state index in [2.05, 4.69) is 0 Å². The van der Waals surface area contributed by atoms with E-state index in [1.165, 1.54) is 42.3 Å². The molecule has 2 aromatic carbocycles. The third-order valence-corrected chi connectivity index (χ3v) is 11.9. The van der Waals surface area contributed by atoms with Gasteiger partial charge in [-0.25, -0.2) is 14.0 Å². The van der Waals surface area contributed by atoms with E-state index in [0.717, 1.165) is 12.8 Å². The number of carboxylic acids is 1. The second-order valence-electron chi connectivity index (χ2n) is 11.4. The van der Waals surface area contributed by atoms with Gasteiger partial charge in [0.15, 0.2) is 5.40 Å². The second kappa shape index (κ2) is 12.0. The van der Waals surface area contributed by atoms with Crippen molar-refractivity contribution in [3.63, 3.8) is 0 Å². The number of aromatic carboxylic acids is 1. The molecular formula is C28H32FN3O11P2. The van der Waals surface area contributed by atoms with Crippen molar-refractivity contribution in [3.05, 3.63) is 69.3 Å². The Morgan fingerprint density at radius 1 is 1.07 bits per heavy atom. The Labute approximate surface area is 256 Å². The molecule has 1 amide bonds. The molecule has 0 spiro atoms. The van der Waals surface area contributed by atoms with Crippen molar-refractivity contribution in [2.75, 3.05) is 24.5 Å². The average Bonchev–Trinajstić information content (AvgIpc) is 3.78. The van der Waals surface area contributed by atoms with Crippen molar-refractivity contribution in [3.8, 4) is 5.75 Å². The molecule has 1 saturated heterocycles. The molecule has 5 rings (SSSR count). The lowest BCUT2D eigenvalue weighted by molar-refractivity contribution is 0.0694. The van der Waals surface area contributed by atoms with E-state index in [1.807, 2.05) is 0 Å². The van der Waals surface area contributed by atoms with E-state index < -0.39 is 61.9 Å². The lowest BCUT2D eigenvalue weighted by Gasteiger charge is -2.40. The topological polar surface area (TPSA) is 207 Å². The number of benzene rings is 2. The summed E-state index contributed by atoms with van der Waals surface area (Å²) in [5, 5.41) is 7.38. The second-order valence-corrected chi connectivity index (χ2v) is 15.4. The number of aryl methyl sites for hydroxylation is 1. The molecule has 1 aromatic heterocycles. The largest absolute Gasteiger partial charge is 0.477 e. The maximum absolute atomic E-state index is 15.8. The van der Waals surface area contributed by atoms with Crippen molar-refractivity contribution >= 4 is 43.8 Å². The normalized spacial score (nSPS) is 17.6. The summed E-state index contributed by atoms with van der Waals surface area (Å²) in [5.41, 5.74) is -0.201. The van der Waals surface area contributed by atoms with Gasteiger partial charge >= 0.3 is 27.3 Å². The molecule has 1 saturated carbocycles. The molecule has 0 radical (unpaired) electrons. The number of hydrogen-bond acceptors (Lipinski definition) is 7. The number of fused-ring (bicyclic) bond motifs is 1. The van der Waals surface area contributed by atoms with Crippen LogP contribution in [0.15, 0.2) is 41.3 Å². The van der Waals surface area contributed by atoms with Crippen LogP contribution in [0.2, 0.25) is 0 Å². The summed E-state index contributed by atoms with van der Waals surface area (Å²) in [6.45, 7) is 3.82. The Bertz CT molecular complexity index is 1810. The molecule has 45 heavy (non-hydrogen) atoms. The number of ether oxygens (including phenoxy) is 1. The predicted octanol–water partition coefficient (Wildman–Crippen LogP) is 3.42. The van der Waals surface area contributed by atoms with Crippen molar-refractivity contribution < 1.29 is 52.5 Å². The predicted molar refractivity (Wildman–Crippen MR) is 161 cm³/mol. The van der Waals surface area contributed by atoms with Crippen LogP contribution in [0.1, 0.15) is 47.3 Å². The van der Waals surface area contributed by atoms with Crippen LogP contribution < -0.4 is 15.1 Å². The highest BCUT2D eigenvalue weighted by atomic mass is 31.2. The minimum absolute atomic E-state index is 0.0158. The number of halogens is 1. The van der Waals surface area contributed by atoms with Crippen molar-refractivity contribution in [1.29, 1.82) is 0 Å². The van der Waals surface area contributed by atoms with Gasteiger partial charge in [-0.2, -0.15) is 0 Å². The molecule has 3 aromatic rings. The number of rotatable bonds is 8. The van der Waals surface area contributed by atoms with E-state index in [9.17, 15) is 48.2 Å². The zero-order valence-corrected chi connectivity index (χ0v) is 26.0. The number of carboxylic acid groups (broad SMARTS) is 1. The van der Waals surface area contributed by atoms with Gasteiger partial charge in [0.05, 0.1) is 16.6 Å². The van der Waals surface area contributed by atoms with E-state index in [4.69, 9.17) is 4.74 Å². The lowest BCUT2D eigenvalue weighted by atomic mass is 10.0. The van der Waals surface area contributed by atoms with E-state index in [0.29, 0.717) is 5.52 Å². The quantitative estimate of drug-likeness (QED) is 0.219. The Morgan fingerprint density at radius 3 is 2.22 bits per heavy atom. The lowest BCUT2D eigenvalue weighted by Crippen LogP contribution is -2.55. The molecule has 1 aliphatic heterocycles. The van der Waals surface area contributed by atoms with Crippen LogP contribution in [-0.4, -0.2) is 77.3 Å². The third kappa shape index (κ3) is 6.69. The van der Waals surface area contributed by atoms with Crippen LogP contribution in [0.25, 0.3) is 10.9 Å². The van der Waals surface area contributed by atoms with Gasteiger partial charge in [-0.3, -0.25) is 13.9 Å². The van der Waals surface area contributed by atoms with Gasteiger partial charge in [-0.05, 0) is 56.9 Å². The van der Waals surface area contributed by atoms with Gasteiger partial charge in [-0.1, -0.05) is 12.1 Å². The van der Waals surface area contributed by atoms with E-state index >= 15 is 4.39 Å². The monoisotopic (exact) mass is 667 g/mol. The molecular weight excluding hydrogens is 635 g/mol. The first kappa shape index (κ1) is 32.8. The highest BCUT2D eigenvalue weighted by molar-refractivity contribution is 7.70. The van der Waals surface area contributed by atoms with Gasteiger partial charge < -0.3 is 43.8 Å². The first-order valence-corrected chi connectivity index (χ1v) is 17.4. The first-order chi connectivity index (χ1) is 21.0. The Morgan fingerprint density at radius 2 is 1.69 bits per heavy atom. The molecule has 5 N–H and O–H groups in total. The number of carbonyl (C=O) groups is 2. The zero-order valence-electron chi connectivity index (χ0n) is 24.2. The van der Waals surface area contributed by atoms with Crippen molar-refractivity contribution in [2.24, 2.45) is 0 Å². The average molecular weight is 668 g/mol. The molecule has 1 unspecified atom stereocenters. The maximum Gasteiger partial charge on any atom is 0.415 e. The molecule has 1 atom stereocenters. The Kier molecular flexibility index (Phi) is 8.73. The van der Waals surface area contributed by atoms with E-state index in [-0.39, 0.29) is 53.6 Å². The van der Waals surface area contributed by atoms with Crippen molar-refractivity contribution in [2.45, 2.75) is 50.6 Å². The van der Waals surface area contributed by atoms with Gasteiger partial charge in [0.25, 0.3) is 0 Å². The summed E-state index contributed by atoms with van der Waals surface area (Å²) in [4.78, 5) is 78.3. The van der Waals surface area contributed by atoms with Crippen LogP contribution in [0, 0.1) is 12.7 Å². The summed E-state index contributed by atoms with van der Waals surface area (Å²) in [6.07, 6.45) is 1.65. The standard InChI is InChI=1S/C28H32FN3O11P2/c1-15-13-30(22-12-21-24(16(2)25(22)29)26(33)20(27(34)35)14-32(21)18-5-6-18)9-10-31(15)28(36)43-19-7-3-17(4-8-19)11-23(44(37,38)39)45(40,41)42/h3-4,7-8,12,14-15,18,23H,5-6,9-11,13H2,1-2H3,(H,34,35)(H2,37,38,39)(H2,40,41,42). The van der Waals surface area contributed by atoms with Gasteiger partial charge in [0.1, 0.15) is 17.1 Å². The third-order valence-electron chi connectivity index (χ3n) is 8.17. The molecule has 17 heteroatoms. The molecule has 2 heterocycles. The SMILES string of the molecule is Cc1c(F)c(N2CCN(C(=O)Oc3ccc(CC(P(=O)(O)O)P(=O)(O)O)cc3)C(C)C2)cc2c1c(=O)c(C(=O)O)cn2C1CC1. The summed E-state index contributed by atoms with van der Waals surface area (Å²) >= 11 is 0. The number of hydrogen-bond donors (Lipinski definition) is 5. The zero-order chi connectivity index (χ0) is 33.0. The Balaban J connectivity index is 1.31. The number of amides is 1. The fourth-order valence-electron chi connectivity index (χ4n) is 5.63. The fraction of sp³-hybridized carbons (Fsp3) is 0.393. The van der Waals surface area contributed by atoms with E-state index in [1.54, 1.807) is 22.5 Å². The van der Waals surface area contributed by atoms with Gasteiger partial charge in [0, 0.05) is 43.5 Å². The smallest absolute Gasteiger partial charge is 0.415 e. The fourth-order valence-corrected chi connectivity index (χ4v) is 8.10. The summed E-state index contributed by atoms with van der Waals surface area (Å²) in [7, 11) is -10.2. The van der Waals surface area contributed by atoms with Crippen LogP contribution in [-0.2, 0) is 15.6 Å². The summed E-state index contributed by atoms with van der Waals surface area (Å²) in [6, 6.07) is 6.51. The summed E-state index contributed by atoms with van der Waals surface area (Å²) in [5.74, 6) is -1.92. The highest BCUT2D eigenvalue weighted by Crippen LogP contribution is 2.60. The number of anilines is 1. The number of aromatic nitrogens is 1. The van der Waals surface area contributed by atoms with Gasteiger partial charge in [-0.15, -0.1) is 0 Å². The van der Waals surface area contributed by atoms with Gasteiger partial charge in [0.2, 0.25) is 5.43 Å². The van der Waals surface area contributed by atoms with Crippen LogP contribution >= 0.6 is 15.2 Å². The number of pyridine rings is 1. The molecule has 14 nitrogen and oxygen atoms in total. The van der Waals surface area contributed by atoms with Crippen molar-refractivity contribution in [1.82, 2.24) is 9.47 Å².